The summed E-state index contributed by atoms with van der Waals surface area (Å²) in [6, 6.07) is 2.01. The van der Waals surface area contributed by atoms with E-state index in [4.69, 9.17) is 0 Å². The summed E-state index contributed by atoms with van der Waals surface area (Å²) in [7, 11) is 0. The van der Waals surface area contributed by atoms with Gasteiger partial charge >= 0.3 is 0 Å². The third-order valence-corrected chi connectivity index (χ3v) is 3.68. The van der Waals surface area contributed by atoms with Crippen molar-refractivity contribution in [2.45, 2.75) is 32.6 Å². The molecule has 0 aromatic carbocycles. The van der Waals surface area contributed by atoms with Crippen LogP contribution in [0.2, 0.25) is 0 Å². The van der Waals surface area contributed by atoms with E-state index in [2.05, 4.69) is 24.8 Å². The molecule has 3 rings (SSSR count). The minimum Gasteiger partial charge on any atom is -0.340 e. The topological polar surface area (TPSA) is 54.8 Å². The Morgan fingerprint density at radius 2 is 1.95 bits per heavy atom. The highest BCUT2D eigenvalue weighted by Crippen LogP contribution is 2.27. The van der Waals surface area contributed by atoms with Gasteiger partial charge in [0, 0.05) is 49.0 Å². The summed E-state index contributed by atoms with van der Waals surface area (Å²) in [5, 5.41) is 0. The molecule has 0 aliphatic carbocycles. The van der Waals surface area contributed by atoms with Gasteiger partial charge in [-0.25, -0.2) is 9.97 Å². The molecule has 3 heterocycles. The first kappa shape index (κ1) is 13.0. The molecule has 5 heteroatoms. The Labute approximate surface area is 119 Å². The molecule has 2 aromatic rings. The van der Waals surface area contributed by atoms with Crippen molar-refractivity contribution < 1.29 is 0 Å². The zero-order valence-electron chi connectivity index (χ0n) is 12.0. The molecule has 2 aromatic heterocycles. The van der Waals surface area contributed by atoms with Gasteiger partial charge in [-0.1, -0.05) is 0 Å². The number of anilines is 1. The molecule has 20 heavy (non-hydrogen) atoms. The Morgan fingerprint density at radius 1 is 1.15 bits per heavy atom. The third kappa shape index (κ3) is 2.76. The first-order valence-electron chi connectivity index (χ1n) is 7.05. The van der Waals surface area contributed by atoms with Crippen LogP contribution in [0, 0.1) is 13.8 Å². The molecule has 104 valence electrons. The van der Waals surface area contributed by atoms with Crippen molar-refractivity contribution >= 4 is 5.95 Å². The van der Waals surface area contributed by atoms with Crippen LogP contribution in [-0.2, 0) is 0 Å². The minimum absolute atomic E-state index is 0.418. The number of aryl methyl sites for hydroxylation is 2. The molecular weight excluding hydrogens is 250 g/mol. The molecule has 0 spiro atoms. The van der Waals surface area contributed by atoms with Crippen molar-refractivity contribution in [3.63, 3.8) is 0 Å². The number of hydrogen-bond donors (Lipinski definition) is 0. The van der Waals surface area contributed by atoms with Gasteiger partial charge in [0.05, 0.1) is 5.69 Å². The average Bonchev–Trinajstić information content (AvgIpc) is 2.47. The second kappa shape index (κ2) is 5.53. The highest BCUT2D eigenvalue weighted by atomic mass is 15.3. The molecular formula is C15H19N5. The maximum Gasteiger partial charge on any atom is 0.225 e. The lowest BCUT2D eigenvalue weighted by Gasteiger charge is -2.32. The van der Waals surface area contributed by atoms with E-state index in [0.29, 0.717) is 5.92 Å². The largest absolute Gasteiger partial charge is 0.340 e. The maximum absolute atomic E-state index is 4.56. The number of hydrogen-bond acceptors (Lipinski definition) is 5. The average molecular weight is 269 g/mol. The predicted octanol–water partition coefficient (Wildman–Crippen LogP) is 2.27. The van der Waals surface area contributed by atoms with E-state index in [-0.39, 0.29) is 0 Å². The summed E-state index contributed by atoms with van der Waals surface area (Å²) < 4.78 is 0. The molecule has 1 aliphatic rings. The van der Waals surface area contributed by atoms with Gasteiger partial charge in [-0.05, 0) is 32.8 Å². The maximum atomic E-state index is 4.56. The van der Waals surface area contributed by atoms with Gasteiger partial charge in [0.1, 0.15) is 0 Å². The second-order valence-electron chi connectivity index (χ2n) is 5.37. The van der Waals surface area contributed by atoms with Gasteiger partial charge in [-0.15, -0.1) is 0 Å². The van der Waals surface area contributed by atoms with Crippen LogP contribution in [0.4, 0.5) is 5.95 Å². The highest BCUT2D eigenvalue weighted by molar-refractivity contribution is 5.34. The summed E-state index contributed by atoms with van der Waals surface area (Å²) in [5.74, 6) is 1.26. The lowest BCUT2D eigenvalue weighted by atomic mass is 9.95. The third-order valence-electron chi connectivity index (χ3n) is 3.68. The van der Waals surface area contributed by atoms with E-state index in [0.717, 1.165) is 49.0 Å². The molecule has 1 atom stereocenters. The van der Waals surface area contributed by atoms with Crippen molar-refractivity contribution in [3.05, 3.63) is 41.7 Å². The Kier molecular flexibility index (Phi) is 3.58. The fraction of sp³-hybridized carbons (Fsp3) is 0.467. The van der Waals surface area contributed by atoms with Crippen LogP contribution in [-0.4, -0.2) is 33.0 Å². The lowest BCUT2D eigenvalue weighted by molar-refractivity contribution is 0.493. The molecule has 0 bridgehead atoms. The SMILES string of the molecule is Cc1cc(C)nc(N2CCCC(c3cnccn3)C2)n1. The zero-order chi connectivity index (χ0) is 13.9. The fourth-order valence-corrected chi connectivity index (χ4v) is 2.77. The molecule has 0 saturated carbocycles. The predicted molar refractivity (Wildman–Crippen MR) is 77.7 cm³/mol. The summed E-state index contributed by atoms with van der Waals surface area (Å²) in [5.41, 5.74) is 3.12. The van der Waals surface area contributed by atoms with E-state index in [1.807, 2.05) is 26.1 Å². The number of piperidine rings is 1. The first-order valence-corrected chi connectivity index (χ1v) is 7.05. The van der Waals surface area contributed by atoms with Crippen molar-refractivity contribution in [1.29, 1.82) is 0 Å². The molecule has 0 radical (unpaired) electrons. The zero-order valence-corrected chi connectivity index (χ0v) is 12.0. The Balaban J connectivity index is 1.81. The van der Waals surface area contributed by atoms with Crippen LogP contribution in [0.3, 0.4) is 0 Å². The van der Waals surface area contributed by atoms with E-state index in [1.165, 1.54) is 0 Å². The van der Waals surface area contributed by atoms with Crippen LogP contribution in [0.5, 0.6) is 0 Å². The monoisotopic (exact) mass is 269 g/mol. The van der Waals surface area contributed by atoms with Crippen LogP contribution >= 0.6 is 0 Å². The van der Waals surface area contributed by atoms with E-state index in [1.54, 1.807) is 12.4 Å². The summed E-state index contributed by atoms with van der Waals surface area (Å²) in [6.07, 6.45) is 7.65. The van der Waals surface area contributed by atoms with Crippen molar-refractivity contribution in [1.82, 2.24) is 19.9 Å². The van der Waals surface area contributed by atoms with Gasteiger partial charge in [0.25, 0.3) is 0 Å². The minimum atomic E-state index is 0.418. The fourth-order valence-electron chi connectivity index (χ4n) is 2.77. The van der Waals surface area contributed by atoms with Crippen LogP contribution in [0.25, 0.3) is 0 Å². The molecule has 0 N–H and O–H groups in total. The first-order chi connectivity index (χ1) is 9.72. The van der Waals surface area contributed by atoms with E-state index < -0.39 is 0 Å². The summed E-state index contributed by atoms with van der Waals surface area (Å²) in [4.78, 5) is 20.0. The van der Waals surface area contributed by atoms with Gasteiger partial charge in [0.15, 0.2) is 0 Å². The van der Waals surface area contributed by atoms with Crippen LogP contribution in [0.15, 0.2) is 24.7 Å². The van der Waals surface area contributed by atoms with Gasteiger partial charge in [-0.2, -0.15) is 0 Å². The Bertz CT molecular complexity index is 564. The summed E-state index contributed by atoms with van der Waals surface area (Å²) >= 11 is 0. The Morgan fingerprint density at radius 3 is 2.65 bits per heavy atom. The quantitative estimate of drug-likeness (QED) is 0.837. The number of nitrogens with zero attached hydrogens (tertiary/aromatic N) is 5. The standard InChI is InChI=1S/C15H19N5/c1-11-8-12(2)19-15(18-11)20-7-3-4-13(10-20)14-9-16-5-6-17-14/h5-6,8-9,13H,3-4,7,10H2,1-2H3. The van der Waals surface area contributed by atoms with Crippen molar-refractivity contribution in [2.75, 3.05) is 18.0 Å². The number of aromatic nitrogens is 4. The Hall–Kier alpha value is -2.04. The molecule has 1 aliphatic heterocycles. The van der Waals surface area contributed by atoms with Crippen LogP contribution in [0.1, 0.15) is 35.8 Å². The van der Waals surface area contributed by atoms with E-state index >= 15 is 0 Å². The molecule has 1 saturated heterocycles. The van der Waals surface area contributed by atoms with Gasteiger partial charge < -0.3 is 4.90 Å². The van der Waals surface area contributed by atoms with E-state index in [9.17, 15) is 0 Å². The van der Waals surface area contributed by atoms with Gasteiger partial charge in [0.2, 0.25) is 5.95 Å². The molecule has 5 nitrogen and oxygen atoms in total. The molecule has 0 amide bonds. The second-order valence-corrected chi connectivity index (χ2v) is 5.37. The summed E-state index contributed by atoms with van der Waals surface area (Å²) in [6.45, 7) is 5.96. The van der Waals surface area contributed by atoms with Gasteiger partial charge in [-0.3, -0.25) is 9.97 Å². The highest BCUT2D eigenvalue weighted by Gasteiger charge is 2.24. The lowest BCUT2D eigenvalue weighted by Crippen LogP contribution is -2.36. The van der Waals surface area contributed by atoms with Crippen LogP contribution < -0.4 is 4.90 Å². The van der Waals surface area contributed by atoms with Crippen molar-refractivity contribution in [3.8, 4) is 0 Å². The molecule has 1 unspecified atom stereocenters. The number of rotatable bonds is 2. The normalized spacial score (nSPS) is 19.1. The van der Waals surface area contributed by atoms with Crippen molar-refractivity contribution in [2.24, 2.45) is 0 Å². The molecule has 1 fully saturated rings. The smallest absolute Gasteiger partial charge is 0.225 e.